The average Bonchev–Trinajstić information content (AvgIpc) is 2.99. The molecular formula is C19H21N5O2S. The maximum absolute atomic E-state index is 12.1. The molecule has 0 fully saturated rings. The van der Waals surface area contributed by atoms with Crippen molar-refractivity contribution in [3.63, 3.8) is 0 Å². The first-order valence-corrected chi connectivity index (χ1v) is 8.89. The van der Waals surface area contributed by atoms with Crippen LogP contribution in [0, 0.1) is 18.6 Å². The first-order chi connectivity index (χ1) is 13.0. The van der Waals surface area contributed by atoms with E-state index >= 15 is 0 Å². The van der Waals surface area contributed by atoms with E-state index in [4.69, 9.17) is 17.0 Å². The van der Waals surface area contributed by atoms with E-state index in [0.717, 1.165) is 22.6 Å². The molecule has 0 saturated carbocycles. The van der Waals surface area contributed by atoms with Gasteiger partial charge in [-0.15, -0.1) is 0 Å². The minimum atomic E-state index is -0.213. The summed E-state index contributed by atoms with van der Waals surface area (Å²) in [6, 6.07) is 15.2. The summed E-state index contributed by atoms with van der Waals surface area (Å²) in [4.78, 5) is 12.1. The summed E-state index contributed by atoms with van der Waals surface area (Å²) in [6.45, 7) is 4.24. The van der Waals surface area contributed by atoms with Crippen molar-refractivity contribution in [1.29, 1.82) is 0 Å². The molecular weight excluding hydrogens is 362 g/mol. The normalized spacial score (nSPS) is 10.4. The Morgan fingerprint density at radius 1 is 1.19 bits per heavy atom. The van der Waals surface area contributed by atoms with Crippen LogP contribution in [0.3, 0.4) is 0 Å². The van der Waals surface area contributed by atoms with Gasteiger partial charge in [0.25, 0.3) is 5.91 Å². The molecule has 8 heteroatoms. The first kappa shape index (κ1) is 18.7. The highest BCUT2D eigenvalue weighted by atomic mass is 32.1. The molecule has 3 N–H and O–H groups in total. The van der Waals surface area contributed by atoms with Crippen LogP contribution >= 0.6 is 12.2 Å². The Bertz CT molecular complexity index is 978. The molecule has 1 aromatic heterocycles. The van der Waals surface area contributed by atoms with E-state index in [1.807, 2.05) is 62.4 Å². The van der Waals surface area contributed by atoms with E-state index in [2.05, 4.69) is 20.9 Å². The molecule has 27 heavy (non-hydrogen) atoms. The quantitative estimate of drug-likeness (QED) is 0.545. The average molecular weight is 383 g/mol. The fraction of sp³-hybridized carbons (Fsp3) is 0.211. The van der Waals surface area contributed by atoms with Crippen molar-refractivity contribution < 1.29 is 9.53 Å². The van der Waals surface area contributed by atoms with Crippen molar-refractivity contribution in [2.24, 2.45) is 0 Å². The molecule has 0 aliphatic rings. The maximum Gasteiger partial charge on any atom is 0.262 e. The number of hydrogen-bond acceptors (Lipinski definition) is 5. The molecule has 0 unspecified atom stereocenters. The second-order valence-electron chi connectivity index (χ2n) is 6.06. The summed E-state index contributed by atoms with van der Waals surface area (Å²) in [7, 11) is 0. The number of para-hydroxylation sites is 1. The molecule has 3 aromatic rings. The van der Waals surface area contributed by atoms with Crippen LogP contribution in [0.15, 0.2) is 48.5 Å². The third-order valence-electron chi connectivity index (χ3n) is 3.93. The Kier molecular flexibility index (Phi) is 5.87. The lowest BCUT2D eigenvalue weighted by molar-refractivity contribution is -0.118. The third kappa shape index (κ3) is 4.95. The highest BCUT2D eigenvalue weighted by Gasteiger charge is 2.08. The topological polar surface area (TPSA) is 84.0 Å². The van der Waals surface area contributed by atoms with E-state index in [0.29, 0.717) is 17.1 Å². The Hall–Kier alpha value is -3.13. The minimum absolute atomic E-state index is 0.0743. The van der Waals surface area contributed by atoms with Crippen LogP contribution in [0.1, 0.15) is 17.0 Å². The predicted molar refractivity (Wildman–Crippen MR) is 107 cm³/mol. The molecule has 1 amide bonds. The molecule has 7 nitrogen and oxygen atoms in total. The molecule has 140 valence electrons. The van der Waals surface area contributed by atoms with Gasteiger partial charge in [-0.05, 0) is 44.3 Å². The van der Waals surface area contributed by atoms with Gasteiger partial charge in [0.2, 0.25) is 4.77 Å². The summed E-state index contributed by atoms with van der Waals surface area (Å²) in [5.41, 5.74) is 5.98. The molecule has 0 atom stereocenters. The predicted octanol–water partition coefficient (Wildman–Crippen LogP) is 3.32. The van der Waals surface area contributed by atoms with Crippen molar-refractivity contribution in [2.45, 2.75) is 20.4 Å². The third-order valence-corrected chi connectivity index (χ3v) is 4.21. The number of ether oxygens (including phenoxy) is 1. The van der Waals surface area contributed by atoms with E-state index in [9.17, 15) is 4.79 Å². The van der Waals surface area contributed by atoms with Gasteiger partial charge < -0.3 is 15.5 Å². The Balaban J connectivity index is 1.59. The Morgan fingerprint density at radius 2 is 1.93 bits per heavy atom. The number of nitrogens with one attached hydrogen (secondary N) is 3. The van der Waals surface area contributed by atoms with Gasteiger partial charge in [0.05, 0.1) is 6.54 Å². The van der Waals surface area contributed by atoms with Gasteiger partial charge in [0.15, 0.2) is 6.61 Å². The van der Waals surface area contributed by atoms with Crippen LogP contribution in [0.5, 0.6) is 5.75 Å². The molecule has 0 aliphatic heterocycles. The van der Waals surface area contributed by atoms with Gasteiger partial charge >= 0.3 is 0 Å². The van der Waals surface area contributed by atoms with Gasteiger partial charge in [0.1, 0.15) is 11.6 Å². The van der Waals surface area contributed by atoms with Crippen molar-refractivity contribution >= 4 is 23.8 Å². The summed E-state index contributed by atoms with van der Waals surface area (Å²) >= 11 is 5.17. The van der Waals surface area contributed by atoms with Crippen LogP contribution in [0.2, 0.25) is 0 Å². The van der Waals surface area contributed by atoms with Crippen LogP contribution in [0.4, 0.5) is 5.69 Å². The number of H-pyrrole nitrogens is 1. The van der Waals surface area contributed by atoms with E-state index in [1.54, 1.807) is 4.68 Å². The van der Waals surface area contributed by atoms with Crippen LogP contribution in [0.25, 0.3) is 0 Å². The number of anilines is 1. The second kappa shape index (κ2) is 8.50. The highest BCUT2D eigenvalue weighted by molar-refractivity contribution is 7.71. The molecule has 0 bridgehead atoms. The molecule has 3 rings (SSSR count). The summed E-state index contributed by atoms with van der Waals surface area (Å²) in [5, 5.41) is 9.60. The van der Waals surface area contributed by atoms with Crippen molar-refractivity contribution in [1.82, 2.24) is 14.9 Å². The number of aromatic amines is 1. The summed E-state index contributed by atoms with van der Waals surface area (Å²) in [5.74, 6) is 1.15. The van der Waals surface area contributed by atoms with Crippen molar-refractivity contribution in [3.05, 3.63) is 70.3 Å². The van der Waals surface area contributed by atoms with Crippen LogP contribution in [-0.4, -0.2) is 27.4 Å². The molecule has 1 heterocycles. The number of benzene rings is 2. The largest absolute Gasteiger partial charge is 0.483 e. The Labute approximate surface area is 162 Å². The summed E-state index contributed by atoms with van der Waals surface area (Å²) < 4.78 is 7.89. The fourth-order valence-electron chi connectivity index (χ4n) is 2.49. The minimum Gasteiger partial charge on any atom is -0.483 e. The number of rotatable bonds is 7. The number of nitrogens with zero attached hydrogens (tertiary/aromatic N) is 2. The maximum atomic E-state index is 12.1. The number of hydrogen-bond donors (Lipinski definition) is 3. The lowest BCUT2D eigenvalue weighted by atomic mass is 10.2. The zero-order chi connectivity index (χ0) is 19.2. The van der Waals surface area contributed by atoms with Gasteiger partial charge in [-0.25, -0.2) is 4.68 Å². The van der Waals surface area contributed by atoms with Crippen molar-refractivity contribution in [3.8, 4) is 5.75 Å². The van der Waals surface area contributed by atoms with Gasteiger partial charge in [-0.2, -0.15) is 5.10 Å². The van der Waals surface area contributed by atoms with Gasteiger partial charge in [-0.3, -0.25) is 9.89 Å². The lowest BCUT2D eigenvalue weighted by Gasteiger charge is -2.13. The SMILES string of the molecule is Cc1ccc(NC(=O)COc2ccccc2CNn2c(C)n[nH]c2=S)cc1. The van der Waals surface area contributed by atoms with Crippen molar-refractivity contribution in [2.75, 3.05) is 17.3 Å². The highest BCUT2D eigenvalue weighted by Crippen LogP contribution is 2.18. The number of amides is 1. The number of carbonyl (C=O) groups is 1. The van der Waals surface area contributed by atoms with Gasteiger partial charge in [0, 0.05) is 11.3 Å². The van der Waals surface area contributed by atoms with E-state index in [1.165, 1.54) is 0 Å². The lowest BCUT2D eigenvalue weighted by Crippen LogP contribution is -2.21. The second-order valence-corrected chi connectivity index (χ2v) is 6.44. The van der Waals surface area contributed by atoms with Crippen LogP contribution < -0.4 is 15.5 Å². The van der Waals surface area contributed by atoms with E-state index < -0.39 is 0 Å². The first-order valence-electron chi connectivity index (χ1n) is 8.48. The fourth-order valence-corrected chi connectivity index (χ4v) is 2.74. The molecule has 0 saturated heterocycles. The smallest absolute Gasteiger partial charge is 0.262 e. The molecule has 0 aliphatic carbocycles. The van der Waals surface area contributed by atoms with Gasteiger partial charge in [-0.1, -0.05) is 35.9 Å². The number of aromatic nitrogens is 3. The standard InChI is InChI=1S/C19H21N5O2S/c1-13-7-9-16(10-8-13)21-18(25)12-26-17-6-4-3-5-15(17)11-20-24-14(2)22-23-19(24)27/h3-10,20H,11-12H2,1-2H3,(H,21,25)(H,23,27). The monoisotopic (exact) mass is 383 g/mol. The summed E-state index contributed by atoms with van der Waals surface area (Å²) in [6.07, 6.45) is 0. The van der Waals surface area contributed by atoms with Crippen LogP contribution in [-0.2, 0) is 11.3 Å². The zero-order valence-electron chi connectivity index (χ0n) is 15.2. The Morgan fingerprint density at radius 3 is 2.63 bits per heavy atom. The number of aryl methyl sites for hydroxylation is 2. The van der Waals surface area contributed by atoms with E-state index in [-0.39, 0.29) is 12.5 Å². The zero-order valence-corrected chi connectivity index (χ0v) is 16.0. The molecule has 0 radical (unpaired) electrons. The molecule has 0 spiro atoms. The number of carbonyl (C=O) groups excluding carboxylic acids is 1. The molecule has 2 aromatic carbocycles.